The van der Waals surface area contributed by atoms with Gasteiger partial charge < -0.3 is 37.0 Å². The highest BCUT2D eigenvalue weighted by Gasteiger charge is 2.23. The van der Waals surface area contributed by atoms with Gasteiger partial charge in [0.15, 0.2) is 0 Å². The Morgan fingerprint density at radius 3 is 1.80 bits per heavy atom. The number of amides is 5. The molecule has 0 spiro atoms. The molecule has 0 rings (SSSR count). The number of carbonyl (C=O) groups excluding carboxylic acids is 5. The van der Waals surface area contributed by atoms with Gasteiger partial charge in [0.1, 0.15) is 17.9 Å². The number of nitrogens with one attached hydrogen (secondary N) is 6. The fourth-order valence-electron chi connectivity index (χ4n) is 4.05. The highest BCUT2D eigenvalue weighted by Crippen LogP contribution is 2.09. The van der Waals surface area contributed by atoms with E-state index in [0.717, 1.165) is 25.7 Å². The first-order valence-corrected chi connectivity index (χ1v) is 19.6. The second-order valence-electron chi connectivity index (χ2n) is 11.9. The maximum atomic E-state index is 12.7. The number of unbranched alkanes of at least 4 members (excludes halogenated alkanes) is 3. The van der Waals surface area contributed by atoms with E-state index in [9.17, 15) is 33.9 Å². The number of thioether (sulfide) groups is 1. The Morgan fingerprint density at radius 1 is 0.694 bits per heavy atom. The number of Topliss-reactive ketones (excluding diaryl/α,β-unsaturated/α-hetero) is 1. The van der Waals surface area contributed by atoms with Gasteiger partial charge in [0, 0.05) is 44.4 Å². The molecule has 14 heteroatoms. The van der Waals surface area contributed by atoms with Crippen molar-refractivity contribution in [1.29, 1.82) is 0 Å². The van der Waals surface area contributed by atoms with Crippen LogP contribution in [0.3, 0.4) is 0 Å². The summed E-state index contributed by atoms with van der Waals surface area (Å²) in [6.07, 6.45) is 8.75. The topological polar surface area (TPSA) is 195 Å². The second kappa shape index (κ2) is 35.0. The molecule has 5 amide bonds. The van der Waals surface area contributed by atoms with Crippen LogP contribution >= 0.6 is 11.8 Å². The lowest BCUT2D eigenvalue weighted by Crippen LogP contribution is -2.51. The van der Waals surface area contributed by atoms with Crippen LogP contribution < -0.4 is 31.9 Å². The zero-order valence-corrected chi connectivity index (χ0v) is 32.7. The van der Waals surface area contributed by atoms with Gasteiger partial charge >= 0.3 is 12.0 Å². The quantitative estimate of drug-likeness (QED) is 0.0635. The summed E-state index contributed by atoms with van der Waals surface area (Å²) in [5.74, 6) is -1.60. The van der Waals surface area contributed by atoms with Crippen molar-refractivity contribution in [2.24, 2.45) is 5.92 Å². The number of rotatable bonds is 26. The van der Waals surface area contributed by atoms with Crippen LogP contribution in [0.5, 0.6) is 0 Å². The molecule has 0 aliphatic heterocycles. The lowest BCUT2D eigenvalue weighted by atomic mass is 9.99. The first-order chi connectivity index (χ1) is 23.3. The fourth-order valence-corrected chi connectivity index (χ4v) is 4.53. The molecule has 0 aliphatic carbocycles. The number of hydrogen-bond donors (Lipinski definition) is 7. The lowest BCUT2D eigenvalue weighted by molar-refractivity contribution is -0.142. The van der Waals surface area contributed by atoms with Gasteiger partial charge in [-0.1, -0.05) is 68.2 Å². The van der Waals surface area contributed by atoms with E-state index in [1.54, 1.807) is 0 Å². The fraction of sp³-hybridized carbons (Fsp3) is 0.829. The molecule has 0 aliphatic rings. The summed E-state index contributed by atoms with van der Waals surface area (Å²) in [7, 11) is 0. The molecule has 49 heavy (non-hydrogen) atoms. The van der Waals surface area contributed by atoms with Gasteiger partial charge in [-0.15, -0.1) is 0 Å². The normalized spacial score (nSPS) is 12.1. The molecule has 3 atom stereocenters. The molecule has 3 unspecified atom stereocenters. The van der Waals surface area contributed by atoms with Crippen molar-refractivity contribution in [3.05, 3.63) is 0 Å². The number of hydrogen-bond acceptors (Lipinski definition) is 8. The Bertz CT molecular complexity index is 908. The molecule has 0 saturated heterocycles. The maximum Gasteiger partial charge on any atom is 0.326 e. The van der Waals surface area contributed by atoms with Crippen LogP contribution in [-0.4, -0.2) is 96.9 Å². The van der Waals surface area contributed by atoms with E-state index in [2.05, 4.69) is 45.7 Å². The van der Waals surface area contributed by atoms with Crippen molar-refractivity contribution in [2.75, 3.05) is 38.2 Å². The Balaban J connectivity index is -0.00000399. The van der Waals surface area contributed by atoms with E-state index in [0.29, 0.717) is 51.1 Å². The Kier molecular flexibility index (Phi) is 36.0. The first kappa shape index (κ1) is 50.5. The average Bonchev–Trinajstić information content (AvgIpc) is 3.06. The molecular weight excluding hydrogens is 648 g/mol. The number of aliphatic carboxylic acids is 1. The molecule has 288 valence electrons. The Morgan fingerprint density at radius 2 is 1.27 bits per heavy atom. The smallest absolute Gasteiger partial charge is 0.326 e. The minimum Gasteiger partial charge on any atom is -0.480 e. The van der Waals surface area contributed by atoms with Crippen LogP contribution in [-0.2, 0) is 24.0 Å². The van der Waals surface area contributed by atoms with E-state index >= 15 is 0 Å². The first-order valence-electron chi connectivity index (χ1n) is 18.2. The average molecular weight is 719 g/mol. The van der Waals surface area contributed by atoms with Crippen molar-refractivity contribution in [2.45, 2.75) is 144 Å². The minimum absolute atomic E-state index is 0.102. The van der Waals surface area contributed by atoms with Crippen molar-refractivity contribution in [3.63, 3.8) is 0 Å². The molecule has 0 heterocycles. The monoisotopic (exact) mass is 719 g/mol. The number of urea groups is 1. The van der Waals surface area contributed by atoms with Gasteiger partial charge in [-0.3, -0.25) is 19.2 Å². The van der Waals surface area contributed by atoms with E-state index in [4.69, 9.17) is 0 Å². The highest BCUT2D eigenvalue weighted by atomic mass is 32.2. The molecule has 0 aromatic carbocycles. The minimum atomic E-state index is -1.19. The molecule has 0 saturated carbocycles. The summed E-state index contributed by atoms with van der Waals surface area (Å²) in [4.78, 5) is 72.7. The predicted octanol–water partition coefficient (Wildman–Crippen LogP) is 4.39. The molecule has 7 N–H and O–H groups in total. The molecule has 0 bridgehead atoms. The molecule has 13 nitrogen and oxygen atoms in total. The van der Waals surface area contributed by atoms with Gasteiger partial charge in [-0.25, -0.2) is 9.59 Å². The van der Waals surface area contributed by atoms with Crippen LogP contribution in [0.15, 0.2) is 0 Å². The number of carboxylic acids is 1. The van der Waals surface area contributed by atoms with Gasteiger partial charge in [-0.2, -0.15) is 11.8 Å². The maximum absolute atomic E-state index is 12.7. The van der Waals surface area contributed by atoms with Crippen LogP contribution in [0.1, 0.15) is 126 Å². The molecule has 0 aromatic heterocycles. The van der Waals surface area contributed by atoms with Crippen molar-refractivity contribution < 1.29 is 33.9 Å². The third-order valence-electron chi connectivity index (χ3n) is 6.98. The van der Waals surface area contributed by atoms with Crippen LogP contribution in [0.25, 0.3) is 0 Å². The SMILES string of the molecule is CC.CCC.CCC(C)C(=O)CCCCCNC(=O)NCCCCC(NC(=O)CNC(=O)C(CCSC)NC(=O)CCNC(C)C)C(=O)O. The predicted molar refractivity (Wildman–Crippen MR) is 201 cm³/mol. The second-order valence-corrected chi connectivity index (χ2v) is 12.9. The number of carbonyl (C=O) groups is 6. The largest absolute Gasteiger partial charge is 0.480 e. The summed E-state index contributed by atoms with van der Waals surface area (Å²) >= 11 is 1.53. The number of carboxylic acid groups (broad SMARTS) is 1. The van der Waals surface area contributed by atoms with Gasteiger partial charge in [0.05, 0.1) is 6.54 Å². The van der Waals surface area contributed by atoms with Crippen molar-refractivity contribution >= 4 is 47.3 Å². The van der Waals surface area contributed by atoms with Crippen LogP contribution in [0.4, 0.5) is 4.79 Å². The molecular formula is C35H70N6O7S. The van der Waals surface area contributed by atoms with E-state index in [1.807, 2.05) is 47.8 Å². The summed E-state index contributed by atoms with van der Waals surface area (Å²) < 4.78 is 0. The van der Waals surface area contributed by atoms with Crippen LogP contribution in [0, 0.1) is 5.92 Å². The zero-order chi connectivity index (χ0) is 38.0. The van der Waals surface area contributed by atoms with Gasteiger partial charge in [0.2, 0.25) is 17.7 Å². The van der Waals surface area contributed by atoms with E-state index in [1.165, 1.54) is 18.2 Å². The summed E-state index contributed by atoms with van der Waals surface area (Å²) in [5, 5.41) is 25.8. The highest BCUT2D eigenvalue weighted by molar-refractivity contribution is 7.98. The third-order valence-corrected chi connectivity index (χ3v) is 7.62. The summed E-state index contributed by atoms with van der Waals surface area (Å²) in [6.45, 7) is 17.0. The third kappa shape index (κ3) is 32.1. The standard InChI is InChI=1S/C30H56N6O7S.C3H8.C2H6/c1-6-22(4)25(37)13-8-7-10-16-32-30(43)33-17-11-9-12-24(29(41)42)36-27(39)20-34-28(40)23(15-19-44-5)35-26(38)14-18-31-21(2)3;1-3-2;1-2/h21-24,31H,6-20H2,1-5H3,(H,34,40)(H,35,38)(H,36,39)(H,41,42)(H2,32,33,43);3H2,1-2H3;1-2H3. The summed E-state index contributed by atoms with van der Waals surface area (Å²) in [5.41, 5.74) is 0. The zero-order valence-electron chi connectivity index (χ0n) is 31.9. The molecule has 0 fully saturated rings. The Labute approximate surface area is 300 Å². The van der Waals surface area contributed by atoms with Crippen LogP contribution in [0.2, 0.25) is 0 Å². The number of ketones is 1. The molecule has 0 radical (unpaired) electrons. The molecule has 0 aromatic rings. The van der Waals surface area contributed by atoms with Crippen molar-refractivity contribution in [3.8, 4) is 0 Å². The van der Waals surface area contributed by atoms with Gasteiger partial charge in [-0.05, 0) is 57.0 Å². The summed E-state index contributed by atoms with van der Waals surface area (Å²) in [6, 6.07) is -2.01. The van der Waals surface area contributed by atoms with E-state index < -0.39 is 36.4 Å². The van der Waals surface area contributed by atoms with Crippen molar-refractivity contribution in [1.82, 2.24) is 31.9 Å². The van der Waals surface area contributed by atoms with Gasteiger partial charge in [0.25, 0.3) is 0 Å². The lowest BCUT2D eigenvalue weighted by Gasteiger charge is -2.19. The van der Waals surface area contributed by atoms with E-state index in [-0.39, 0.29) is 42.5 Å². The Hall–Kier alpha value is -2.87.